The van der Waals surface area contributed by atoms with E-state index in [1.165, 1.54) is 10.6 Å². The third-order valence-corrected chi connectivity index (χ3v) is 2.03. The Morgan fingerprint density at radius 3 is 2.93 bits per heavy atom. The summed E-state index contributed by atoms with van der Waals surface area (Å²) < 4.78 is 14.6. The minimum Gasteiger partial charge on any atom is -0.478 e. The summed E-state index contributed by atoms with van der Waals surface area (Å²) in [5.41, 5.74) is 0.581. The van der Waals surface area contributed by atoms with Crippen LogP contribution in [0.15, 0.2) is 18.3 Å². The van der Waals surface area contributed by atoms with E-state index in [0.717, 1.165) is 6.20 Å². The normalized spacial score (nSPS) is 10.7. The van der Waals surface area contributed by atoms with Crippen molar-refractivity contribution in [1.29, 1.82) is 0 Å². The maximum Gasteiger partial charge on any atom is 0.339 e. The first-order valence-corrected chi connectivity index (χ1v) is 3.97. The Morgan fingerprint density at radius 2 is 2.29 bits per heavy atom. The largest absolute Gasteiger partial charge is 0.478 e. The molecule has 0 saturated carbocycles. The number of aryl methyl sites for hydroxylation is 1. The van der Waals surface area contributed by atoms with Crippen LogP contribution < -0.4 is 0 Å². The standard InChI is InChI=1S/C9H7FN2O2/c1-5-2-3-7(10)8-6(9(13)14)4-11-12(5)8/h2-4H,1H3,(H,13,14). The quantitative estimate of drug-likeness (QED) is 0.748. The molecular formula is C9H7FN2O2. The molecule has 2 heterocycles. The van der Waals surface area contributed by atoms with E-state index in [2.05, 4.69) is 5.10 Å². The van der Waals surface area contributed by atoms with Crippen molar-refractivity contribution in [1.82, 2.24) is 9.61 Å². The second-order valence-electron chi connectivity index (χ2n) is 2.95. The van der Waals surface area contributed by atoms with E-state index in [4.69, 9.17) is 5.11 Å². The molecule has 0 fully saturated rings. The van der Waals surface area contributed by atoms with Crippen LogP contribution in [0.3, 0.4) is 0 Å². The van der Waals surface area contributed by atoms with E-state index in [1.807, 2.05) is 0 Å². The number of halogens is 1. The number of hydrogen-bond donors (Lipinski definition) is 1. The van der Waals surface area contributed by atoms with Gasteiger partial charge in [0.05, 0.1) is 6.20 Å². The monoisotopic (exact) mass is 194 g/mol. The number of carbonyl (C=O) groups is 1. The minimum absolute atomic E-state index is 0.0116. The van der Waals surface area contributed by atoms with Crippen LogP contribution in [0.25, 0.3) is 5.52 Å². The molecule has 0 aliphatic rings. The molecule has 72 valence electrons. The lowest BCUT2D eigenvalue weighted by Gasteiger charge is -1.99. The molecule has 5 heteroatoms. The Labute approximate surface area is 78.6 Å². The van der Waals surface area contributed by atoms with Gasteiger partial charge in [-0.25, -0.2) is 13.7 Å². The molecule has 2 aromatic heterocycles. The van der Waals surface area contributed by atoms with Crippen molar-refractivity contribution in [2.24, 2.45) is 0 Å². The molecule has 0 bridgehead atoms. The Hall–Kier alpha value is -1.91. The lowest BCUT2D eigenvalue weighted by atomic mass is 10.2. The number of aromatic nitrogens is 2. The van der Waals surface area contributed by atoms with E-state index >= 15 is 0 Å². The zero-order chi connectivity index (χ0) is 10.3. The Bertz CT molecular complexity index is 519. The van der Waals surface area contributed by atoms with Gasteiger partial charge in [-0.2, -0.15) is 5.10 Å². The molecule has 0 radical (unpaired) electrons. The number of pyridine rings is 1. The summed E-state index contributed by atoms with van der Waals surface area (Å²) in [5.74, 6) is -1.75. The third kappa shape index (κ3) is 1.06. The average molecular weight is 194 g/mol. The highest BCUT2D eigenvalue weighted by Gasteiger charge is 2.15. The van der Waals surface area contributed by atoms with E-state index < -0.39 is 11.8 Å². The van der Waals surface area contributed by atoms with Crippen LogP contribution in [0.2, 0.25) is 0 Å². The molecule has 0 atom stereocenters. The van der Waals surface area contributed by atoms with Gasteiger partial charge in [0.25, 0.3) is 0 Å². The van der Waals surface area contributed by atoms with Crippen molar-refractivity contribution < 1.29 is 14.3 Å². The molecule has 1 N–H and O–H groups in total. The Kier molecular flexibility index (Phi) is 1.73. The fourth-order valence-electron chi connectivity index (χ4n) is 1.35. The van der Waals surface area contributed by atoms with Crippen molar-refractivity contribution in [2.45, 2.75) is 6.92 Å². The fourth-order valence-corrected chi connectivity index (χ4v) is 1.35. The van der Waals surface area contributed by atoms with E-state index in [1.54, 1.807) is 13.0 Å². The highest BCUT2D eigenvalue weighted by atomic mass is 19.1. The van der Waals surface area contributed by atoms with Crippen molar-refractivity contribution >= 4 is 11.5 Å². The molecule has 2 aromatic rings. The Balaban J connectivity index is 2.90. The average Bonchev–Trinajstić information content (AvgIpc) is 2.56. The van der Waals surface area contributed by atoms with Crippen LogP contribution in [-0.4, -0.2) is 20.7 Å². The second-order valence-corrected chi connectivity index (χ2v) is 2.95. The van der Waals surface area contributed by atoms with Crippen LogP contribution in [0.1, 0.15) is 16.1 Å². The molecule has 0 aromatic carbocycles. The Morgan fingerprint density at radius 1 is 1.57 bits per heavy atom. The van der Waals surface area contributed by atoms with Gasteiger partial charge in [-0.05, 0) is 19.1 Å². The number of rotatable bonds is 1. The first-order valence-electron chi connectivity index (χ1n) is 3.97. The van der Waals surface area contributed by atoms with E-state index in [9.17, 15) is 9.18 Å². The third-order valence-electron chi connectivity index (χ3n) is 2.03. The number of carboxylic acid groups (broad SMARTS) is 1. The van der Waals surface area contributed by atoms with Gasteiger partial charge in [-0.1, -0.05) is 0 Å². The van der Waals surface area contributed by atoms with Gasteiger partial charge in [0, 0.05) is 5.69 Å². The first-order chi connectivity index (χ1) is 6.61. The van der Waals surface area contributed by atoms with Crippen molar-refractivity contribution in [2.75, 3.05) is 0 Å². The molecule has 4 nitrogen and oxygen atoms in total. The predicted octanol–water partition coefficient (Wildman–Crippen LogP) is 1.48. The summed E-state index contributed by atoms with van der Waals surface area (Å²) in [6.07, 6.45) is 1.15. The van der Waals surface area contributed by atoms with Gasteiger partial charge in [-0.15, -0.1) is 0 Å². The van der Waals surface area contributed by atoms with E-state index in [0.29, 0.717) is 5.69 Å². The summed E-state index contributed by atoms with van der Waals surface area (Å²) in [5, 5.41) is 12.6. The number of fused-ring (bicyclic) bond motifs is 1. The van der Waals surface area contributed by atoms with Crippen LogP contribution >= 0.6 is 0 Å². The van der Waals surface area contributed by atoms with Gasteiger partial charge in [0.15, 0.2) is 0 Å². The molecule has 0 amide bonds. The second kappa shape index (κ2) is 2.80. The SMILES string of the molecule is Cc1ccc(F)c2c(C(=O)O)cnn12. The molecule has 0 aliphatic carbocycles. The van der Waals surface area contributed by atoms with Crippen LogP contribution in [0.5, 0.6) is 0 Å². The van der Waals surface area contributed by atoms with Gasteiger partial charge in [0.1, 0.15) is 16.9 Å². The summed E-state index contributed by atoms with van der Waals surface area (Å²) in [6, 6.07) is 2.78. The van der Waals surface area contributed by atoms with Gasteiger partial charge in [-0.3, -0.25) is 0 Å². The fraction of sp³-hybridized carbons (Fsp3) is 0.111. The lowest BCUT2D eigenvalue weighted by Crippen LogP contribution is -1.99. The molecular weight excluding hydrogens is 187 g/mol. The van der Waals surface area contributed by atoms with Crippen molar-refractivity contribution in [3.63, 3.8) is 0 Å². The van der Waals surface area contributed by atoms with Crippen molar-refractivity contribution in [3.8, 4) is 0 Å². The van der Waals surface area contributed by atoms with Crippen LogP contribution in [-0.2, 0) is 0 Å². The maximum absolute atomic E-state index is 13.3. The molecule has 0 unspecified atom stereocenters. The first kappa shape index (κ1) is 8.68. The summed E-state index contributed by atoms with van der Waals surface area (Å²) in [6.45, 7) is 1.73. The summed E-state index contributed by atoms with van der Waals surface area (Å²) in [7, 11) is 0. The highest BCUT2D eigenvalue weighted by molar-refractivity contribution is 5.95. The number of hydrogen-bond acceptors (Lipinski definition) is 2. The zero-order valence-corrected chi connectivity index (χ0v) is 7.36. The summed E-state index contributed by atoms with van der Waals surface area (Å²) in [4.78, 5) is 10.7. The van der Waals surface area contributed by atoms with Crippen LogP contribution in [0, 0.1) is 12.7 Å². The number of aromatic carboxylic acids is 1. The van der Waals surface area contributed by atoms with Gasteiger partial charge < -0.3 is 5.11 Å². The smallest absolute Gasteiger partial charge is 0.339 e. The van der Waals surface area contributed by atoms with E-state index in [-0.39, 0.29) is 11.1 Å². The van der Waals surface area contributed by atoms with Gasteiger partial charge >= 0.3 is 5.97 Å². The van der Waals surface area contributed by atoms with Gasteiger partial charge in [0.2, 0.25) is 0 Å². The molecule has 0 saturated heterocycles. The molecule has 14 heavy (non-hydrogen) atoms. The molecule has 0 spiro atoms. The minimum atomic E-state index is -1.18. The lowest BCUT2D eigenvalue weighted by molar-refractivity contribution is 0.0698. The van der Waals surface area contributed by atoms with Crippen LogP contribution in [0.4, 0.5) is 4.39 Å². The number of carboxylic acids is 1. The van der Waals surface area contributed by atoms with Crippen molar-refractivity contribution in [3.05, 3.63) is 35.4 Å². The zero-order valence-electron chi connectivity index (χ0n) is 7.36. The highest BCUT2D eigenvalue weighted by Crippen LogP contribution is 2.16. The topological polar surface area (TPSA) is 54.6 Å². The molecule has 0 aliphatic heterocycles. The maximum atomic E-state index is 13.3. The summed E-state index contributed by atoms with van der Waals surface area (Å²) >= 11 is 0. The molecule has 2 rings (SSSR count). The predicted molar refractivity (Wildman–Crippen MR) is 46.8 cm³/mol. The number of nitrogens with zero attached hydrogens (tertiary/aromatic N) is 2.